The summed E-state index contributed by atoms with van der Waals surface area (Å²) in [5.74, 6) is -1.74. The van der Waals surface area contributed by atoms with E-state index in [1.54, 1.807) is 19.1 Å². The Morgan fingerprint density at radius 3 is 2.68 bits per heavy atom. The Morgan fingerprint density at radius 1 is 1.41 bits per heavy atom. The van der Waals surface area contributed by atoms with Gasteiger partial charge in [0.2, 0.25) is 0 Å². The van der Waals surface area contributed by atoms with Gasteiger partial charge in [-0.3, -0.25) is 4.79 Å². The van der Waals surface area contributed by atoms with Crippen LogP contribution in [0.5, 0.6) is 0 Å². The third-order valence-corrected chi connectivity index (χ3v) is 4.13. The van der Waals surface area contributed by atoms with E-state index in [9.17, 15) is 14.0 Å². The average Bonchev–Trinajstić information content (AvgIpc) is 2.97. The molecule has 1 aromatic rings. The number of halogens is 2. The second kappa shape index (κ2) is 7.19. The van der Waals surface area contributed by atoms with Gasteiger partial charge in [0.15, 0.2) is 6.10 Å². The molecule has 0 bridgehead atoms. The molecule has 0 aromatic heterocycles. The molecule has 7 heteroatoms. The van der Waals surface area contributed by atoms with Crippen molar-refractivity contribution in [2.24, 2.45) is 0 Å². The maximum atomic E-state index is 13.8. The van der Waals surface area contributed by atoms with Crippen molar-refractivity contribution in [2.45, 2.75) is 38.5 Å². The molecule has 0 saturated carbocycles. The first kappa shape index (κ1) is 16.9. The number of amides is 1. The molecule has 0 radical (unpaired) electrons. The molecule has 0 spiro atoms. The molecule has 1 fully saturated rings. The molecule has 0 unspecified atom stereocenters. The number of aliphatic carboxylic acids is 1. The van der Waals surface area contributed by atoms with Gasteiger partial charge in [-0.1, -0.05) is 15.9 Å². The van der Waals surface area contributed by atoms with Crippen LogP contribution in [0.2, 0.25) is 0 Å². The standard InChI is InChI=1S/C15H17BrFNO4/c1-2-18(8-9-7-10(16)3-4-11(9)17)14(19)12-5-6-13(22-12)15(20)21/h3-4,7,12-13H,2,5-6,8H2,1H3,(H,20,21)/t12-,13+/m0/s1. The van der Waals surface area contributed by atoms with Crippen molar-refractivity contribution in [1.29, 1.82) is 0 Å². The number of carboxylic acid groups (broad SMARTS) is 1. The van der Waals surface area contributed by atoms with Crippen molar-refractivity contribution < 1.29 is 23.8 Å². The van der Waals surface area contributed by atoms with Gasteiger partial charge in [0.25, 0.3) is 5.91 Å². The maximum absolute atomic E-state index is 13.8. The lowest BCUT2D eigenvalue weighted by molar-refractivity contribution is -0.155. The molecule has 1 amide bonds. The summed E-state index contributed by atoms with van der Waals surface area (Å²) < 4.78 is 19.8. The number of likely N-dealkylation sites (N-methyl/N-ethyl adjacent to an activating group) is 1. The Kier molecular flexibility index (Phi) is 5.52. The summed E-state index contributed by atoms with van der Waals surface area (Å²) >= 11 is 3.28. The number of hydrogen-bond acceptors (Lipinski definition) is 3. The maximum Gasteiger partial charge on any atom is 0.332 e. The topological polar surface area (TPSA) is 66.8 Å². The molecule has 0 aliphatic carbocycles. The highest BCUT2D eigenvalue weighted by molar-refractivity contribution is 9.10. The first-order chi connectivity index (χ1) is 10.4. The summed E-state index contributed by atoms with van der Waals surface area (Å²) in [6, 6.07) is 4.56. The Hall–Kier alpha value is -1.47. The number of rotatable bonds is 5. The number of carbonyl (C=O) groups is 2. The van der Waals surface area contributed by atoms with Crippen molar-refractivity contribution in [2.75, 3.05) is 6.54 Å². The SMILES string of the molecule is CCN(Cc1cc(Br)ccc1F)C(=O)[C@@H]1CC[C@H](C(=O)O)O1. The Morgan fingerprint density at radius 2 is 2.09 bits per heavy atom. The molecule has 1 heterocycles. The molecule has 1 N–H and O–H groups in total. The quantitative estimate of drug-likeness (QED) is 0.861. The van der Waals surface area contributed by atoms with Crippen molar-refractivity contribution in [3.8, 4) is 0 Å². The second-order valence-corrected chi connectivity index (χ2v) is 6.03. The van der Waals surface area contributed by atoms with Gasteiger partial charge in [0, 0.05) is 23.1 Å². The highest BCUT2D eigenvalue weighted by Crippen LogP contribution is 2.23. The number of ether oxygens (including phenoxy) is 1. The molecule has 2 rings (SSSR count). The van der Waals surface area contributed by atoms with Crippen LogP contribution in [0.4, 0.5) is 4.39 Å². The lowest BCUT2D eigenvalue weighted by Crippen LogP contribution is -2.39. The van der Waals surface area contributed by atoms with E-state index < -0.39 is 18.2 Å². The van der Waals surface area contributed by atoms with E-state index in [0.29, 0.717) is 24.9 Å². The number of hydrogen-bond donors (Lipinski definition) is 1. The van der Waals surface area contributed by atoms with E-state index in [-0.39, 0.29) is 18.3 Å². The Bertz CT molecular complexity index is 581. The summed E-state index contributed by atoms with van der Waals surface area (Å²) in [5, 5.41) is 8.91. The molecule has 120 valence electrons. The zero-order valence-electron chi connectivity index (χ0n) is 12.1. The lowest BCUT2D eigenvalue weighted by Gasteiger charge is -2.24. The van der Waals surface area contributed by atoms with E-state index in [1.165, 1.54) is 11.0 Å². The molecule has 1 aliphatic rings. The van der Waals surface area contributed by atoms with Gasteiger partial charge in [-0.15, -0.1) is 0 Å². The van der Waals surface area contributed by atoms with E-state index >= 15 is 0 Å². The van der Waals surface area contributed by atoms with Gasteiger partial charge in [-0.2, -0.15) is 0 Å². The van der Waals surface area contributed by atoms with Crippen molar-refractivity contribution in [3.63, 3.8) is 0 Å². The third-order valence-electron chi connectivity index (χ3n) is 3.63. The van der Waals surface area contributed by atoms with E-state index in [2.05, 4.69) is 15.9 Å². The summed E-state index contributed by atoms with van der Waals surface area (Å²) in [4.78, 5) is 24.8. The number of carboxylic acids is 1. The van der Waals surface area contributed by atoms with Crippen LogP contribution in [-0.2, 0) is 20.9 Å². The van der Waals surface area contributed by atoms with Crippen molar-refractivity contribution >= 4 is 27.8 Å². The monoisotopic (exact) mass is 373 g/mol. The number of benzene rings is 1. The van der Waals surface area contributed by atoms with E-state index in [1.807, 2.05) is 0 Å². The predicted octanol–water partition coefficient (Wildman–Crippen LogP) is 2.57. The fraction of sp³-hybridized carbons (Fsp3) is 0.467. The first-order valence-corrected chi connectivity index (χ1v) is 7.82. The molecule has 22 heavy (non-hydrogen) atoms. The van der Waals surface area contributed by atoms with E-state index in [0.717, 1.165) is 4.47 Å². The van der Waals surface area contributed by atoms with Gasteiger partial charge in [0.1, 0.15) is 11.9 Å². The molecule has 2 atom stereocenters. The smallest absolute Gasteiger partial charge is 0.332 e. The van der Waals surface area contributed by atoms with Crippen LogP contribution < -0.4 is 0 Å². The minimum absolute atomic E-state index is 0.123. The minimum Gasteiger partial charge on any atom is -0.479 e. The zero-order chi connectivity index (χ0) is 16.3. The van der Waals surface area contributed by atoms with E-state index in [4.69, 9.17) is 9.84 Å². The van der Waals surface area contributed by atoms with Gasteiger partial charge in [0.05, 0.1) is 0 Å². The van der Waals surface area contributed by atoms with Crippen molar-refractivity contribution in [1.82, 2.24) is 4.90 Å². The van der Waals surface area contributed by atoms with Crippen LogP contribution in [0.15, 0.2) is 22.7 Å². The lowest BCUT2D eigenvalue weighted by atomic mass is 10.1. The van der Waals surface area contributed by atoms with Crippen LogP contribution in [0.3, 0.4) is 0 Å². The molecule has 1 aromatic carbocycles. The van der Waals surface area contributed by atoms with Crippen LogP contribution >= 0.6 is 15.9 Å². The van der Waals surface area contributed by atoms with Crippen LogP contribution in [-0.4, -0.2) is 40.6 Å². The molecule has 1 saturated heterocycles. The summed E-state index contributed by atoms with van der Waals surface area (Å²) in [5.41, 5.74) is 0.400. The average molecular weight is 374 g/mol. The highest BCUT2D eigenvalue weighted by atomic mass is 79.9. The molecule has 1 aliphatic heterocycles. The summed E-state index contributed by atoms with van der Waals surface area (Å²) in [7, 11) is 0. The molecule has 5 nitrogen and oxygen atoms in total. The largest absolute Gasteiger partial charge is 0.479 e. The molecular weight excluding hydrogens is 357 g/mol. The minimum atomic E-state index is -1.06. The van der Waals surface area contributed by atoms with Gasteiger partial charge >= 0.3 is 5.97 Å². The number of nitrogens with zero attached hydrogens (tertiary/aromatic N) is 1. The third kappa shape index (κ3) is 3.84. The van der Waals surface area contributed by atoms with Crippen molar-refractivity contribution in [3.05, 3.63) is 34.1 Å². The Labute approximate surface area is 136 Å². The fourth-order valence-electron chi connectivity index (χ4n) is 2.42. The first-order valence-electron chi connectivity index (χ1n) is 7.03. The Balaban J connectivity index is 2.07. The molecular formula is C15H17BrFNO4. The van der Waals surface area contributed by atoms with Gasteiger partial charge < -0.3 is 14.7 Å². The van der Waals surface area contributed by atoms with Crippen LogP contribution in [0.1, 0.15) is 25.3 Å². The zero-order valence-corrected chi connectivity index (χ0v) is 13.7. The van der Waals surface area contributed by atoms with Gasteiger partial charge in [-0.25, -0.2) is 9.18 Å². The second-order valence-electron chi connectivity index (χ2n) is 5.12. The van der Waals surface area contributed by atoms with Gasteiger partial charge in [-0.05, 0) is 38.0 Å². The fourth-order valence-corrected chi connectivity index (χ4v) is 2.83. The summed E-state index contributed by atoms with van der Waals surface area (Å²) in [6.45, 7) is 2.30. The summed E-state index contributed by atoms with van der Waals surface area (Å²) in [6.07, 6.45) is -1.02. The predicted molar refractivity (Wildman–Crippen MR) is 80.7 cm³/mol. The highest BCUT2D eigenvalue weighted by Gasteiger charge is 2.36. The van der Waals surface area contributed by atoms with Crippen LogP contribution in [0, 0.1) is 5.82 Å². The van der Waals surface area contributed by atoms with Crippen LogP contribution in [0.25, 0.3) is 0 Å². The number of carbonyl (C=O) groups excluding carboxylic acids is 1. The normalized spacial score (nSPS) is 20.9.